The number of nitrogens with zero attached hydrogens (tertiary/aromatic N) is 2. The van der Waals surface area contributed by atoms with E-state index in [1.54, 1.807) is 7.05 Å². The van der Waals surface area contributed by atoms with Crippen LogP contribution in [0.5, 0.6) is 0 Å². The standard InChI is InChI=1S/C16H22F2N4O/c1-19-16(20-10-12-9-13(17)5-6-14(12)18)21-11-15(23)22-7-3-2-4-8-22/h5-6,9H,2-4,7-8,10-11H2,1H3,(H2,19,20,21). The average molecular weight is 324 g/mol. The highest BCUT2D eigenvalue weighted by Gasteiger charge is 2.16. The molecule has 0 radical (unpaired) electrons. The van der Waals surface area contributed by atoms with Gasteiger partial charge in [0.15, 0.2) is 5.96 Å². The van der Waals surface area contributed by atoms with Crippen molar-refractivity contribution in [2.24, 2.45) is 4.99 Å². The number of carbonyl (C=O) groups excluding carboxylic acids is 1. The number of guanidine groups is 1. The molecule has 1 fully saturated rings. The van der Waals surface area contributed by atoms with E-state index in [1.165, 1.54) is 6.42 Å². The number of likely N-dealkylation sites (tertiary alicyclic amines) is 1. The van der Waals surface area contributed by atoms with Crippen LogP contribution >= 0.6 is 0 Å². The number of benzene rings is 1. The molecule has 1 aromatic rings. The molecule has 0 bridgehead atoms. The molecule has 1 aromatic carbocycles. The van der Waals surface area contributed by atoms with Gasteiger partial charge in [-0.1, -0.05) is 0 Å². The molecule has 23 heavy (non-hydrogen) atoms. The number of rotatable bonds is 4. The third-order valence-electron chi connectivity index (χ3n) is 3.79. The summed E-state index contributed by atoms with van der Waals surface area (Å²) in [5, 5.41) is 5.78. The first-order valence-electron chi connectivity index (χ1n) is 7.76. The lowest BCUT2D eigenvalue weighted by Gasteiger charge is -2.27. The average Bonchev–Trinajstić information content (AvgIpc) is 2.58. The molecule has 2 rings (SSSR count). The molecule has 0 spiro atoms. The van der Waals surface area contributed by atoms with Gasteiger partial charge in [0.1, 0.15) is 11.6 Å². The molecule has 0 unspecified atom stereocenters. The largest absolute Gasteiger partial charge is 0.352 e. The second-order valence-corrected chi connectivity index (χ2v) is 5.46. The second kappa shape index (κ2) is 8.45. The first kappa shape index (κ1) is 17.2. The zero-order valence-electron chi connectivity index (χ0n) is 13.2. The van der Waals surface area contributed by atoms with Crippen molar-refractivity contribution < 1.29 is 13.6 Å². The SMILES string of the molecule is CN=C(NCC(=O)N1CCCCC1)NCc1cc(F)ccc1F. The number of amides is 1. The van der Waals surface area contributed by atoms with Gasteiger partial charge in [0.05, 0.1) is 6.54 Å². The topological polar surface area (TPSA) is 56.7 Å². The Kier molecular flexibility index (Phi) is 6.31. The minimum atomic E-state index is -0.494. The molecule has 1 heterocycles. The van der Waals surface area contributed by atoms with E-state index in [0.717, 1.165) is 44.1 Å². The summed E-state index contributed by atoms with van der Waals surface area (Å²) >= 11 is 0. The molecule has 7 heteroatoms. The number of hydrogen-bond donors (Lipinski definition) is 2. The maximum Gasteiger partial charge on any atom is 0.241 e. The van der Waals surface area contributed by atoms with E-state index >= 15 is 0 Å². The highest BCUT2D eigenvalue weighted by Crippen LogP contribution is 2.09. The Bertz CT molecular complexity index is 571. The van der Waals surface area contributed by atoms with Crippen molar-refractivity contribution in [3.63, 3.8) is 0 Å². The number of halogens is 2. The third-order valence-corrected chi connectivity index (χ3v) is 3.79. The van der Waals surface area contributed by atoms with Crippen LogP contribution in [0.3, 0.4) is 0 Å². The van der Waals surface area contributed by atoms with Gasteiger partial charge in [0, 0.05) is 32.2 Å². The van der Waals surface area contributed by atoms with Crippen LogP contribution in [0.2, 0.25) is 0 Å². The third kappa shape index (κ3) is 5.19. The Morgan fingerprint density at radius 3 is 2.65 bits per heavy atom. The molecule has 5 nitrogen and oxygen atoms in total. The first-order chi connectivity index (χ1) is 11.1. The molecule has 0 aromatic heterocycles. The van der Waals surface area contributed by atoms with Crippen LogP contribution in [0.25, 0.3) is 0 Å². The Balaban J connectivity index is 1.81. The van der Waals surface area contributed by atoms with Crippen molar-refractivity contribution in [2.75, 3.05) is 26.7 Å². The maximum absolute atomic E-state index is 13.6. The molecular formula is C16H22F2N4O. The van der Waals surface area contributed by atoms with Gasteiger partial charge in [-0.25, -0.2) is 8.78 Å². The van der Waals surface area contributed by atoms with E-state index in [2.05, 4.69) is 15.6 Å². The lowest BCUT2D eigenvalue weighted by atomic mass is 10.1. The Morgan fingerprint density at radius 1 is 1.22 bits per heavy atom. The number of piperidine rings is 1. The summed E-state index contributed by atoms with van der Waals surface area (Å²) < 4.78 is 26.7. The summed E-state index contributed by atoms with van der Waals surface area (Å²) in [7, 11) is 1.56. The molecule has 1 saturated heterocycles. The maximum atomic E-state index is 13.6. The molecule has 1 amide bonds. The molecule has 0 aliphatic carbocycles. The summed E-state index contributed by atoms with van der Waals surface area (Å²) in [5.74, 6) is -0.589. The van der Waals surface area contributed by atoms with Gasteiger partial charge in [-0.15, -0.1) is 0 Å². The smallest absolute Gasteiger partial charge is 0.241 e. The number of aliphatic imine (C=N–C) groups is 1. The first-order valence-corrected chi connectivity index (χ1v) is 7.76. The van der Waals surface area contributed by atoms with Crippen molar-refractivity contribution >= 4 is 11.9 Å². The second-order valence-electron chi connectivity index (χ2n) is 5.46. The van der Waals surface area contributed by atoms with Gasteiger partial charge < -0.3 is 15.5 Å². The van der Waals surface area contributed by atoms with Crippen LogP contribution in [-0.2, 0) is 11.3 Å². The molecule has 0 saturated carbocycles. The fourth-order valence-corrected chi connectivity index (χ4v) is 2.49. The zero-order valence-corrected chi connectivity index (χ0v) is 13.2. The molecule has 0 atom stereocenters. The van der Waals surface area contributed by atoms with Crippen LogP contribution in [0.1, 0.15) is 24.8 Å². The fourth-order valence-electron chi connectivity index (χ4n) is 2.49. The van der Waals surface area contributed by atoms with E-state index < -0.39 is 11.6 Å². The van der Waals surface area contributed by atoms with Gasteiger partial charge >= 0.3 is 0 Å². The lowest BCUT2D eigenvalue weighted by molar-refractivity contribution is -0.130. The minimum absolute atomic E-state index is 0.0181. The number of carbonyl (C=O) groups is 1. The summed E-state index contributed by atoms with van der Waals surface area (Å²) in [4.78, 5) is 17.9. The Labute approximate surface area is 134 Å². The van der Waals surface area contributed by atoms with Crippen molar-refractivity contribution in [3.05, 3.63) is 35.4 Å². The molecule has 2 N–H and O–H groups in total. The molecule has 1 aliphatic rings. The van der Waals surface area contributed by atoms with Crippen molar-refractivity contribution in [2.45, 2.75) is 25.8 Å². The van der Waals surface area contributed by atoms with Crippen molar-refractivity contribution in [1.29, 1.82) is 0 Å². The van der Waals surface area contributed by atoms with Gasteiger partial charge in [0.25, 0.3) is 0 Å². The Morgan fingerprint density at radius 2 is 1.96 bits per heavy atom. The van der Waals surface area contributed by atoms with E-state index in [-0.39, 0.29) is 24.6 Å². The summed E-state index contributed by atoms with van der Waals surface area (Å²) in [6, 6.07) is 3.29. The van der Waals surface area contributed by atoms with Crippen molar-refractivity contribution in [3.8, 4) is 0 Å². The van der Waals surface area contributed by atoms with Gasteiger partial charge in [-0.2, -0.15) is 0 Å². The van der Waals surface area contributed by atoms with Gasteiger partial charge in [-0.05, 0) is 37.5 Å². The summed E-state index contributed by atoms with van der Waals surface area (Å²) in [6.45, 7) is 1.80. The highest BCUT2D eigenvalue weighted by atomic mass is 19.1. The Hall–Kier alpha value is -2.18. The van der Waals surface area contributed by atoms with Crippen LogP contribution in [0.4, 0.5) is 8.78 Å². The predicted octanol–water partition coefficient (Wildman–Crippen LogP) is 1.64. The van der Waals surface area contributed by atoms with E-state index in [4.69, 9.17) is 0 Å². The van der Waals surface area contributed by atoms with Crippen LogP contribution < -0.4 is 10.6 Å². The van der Waals surface area contributed by atoms with Crippen LogP contribution in [-0.4, -0.2) is 43.4 Å². The van der Waals surface area contributed by atoms with Crippen molar-refractivity contribution in [1.82, 2.24) is 15.5 Å². The van der Waals surface area contributed by atoms with Gasteiger partial charge in [0.2, 0.25) is 5.91 Å². The number of hydrogen-bond acceptors (Lipinski definition) is 2. The van der Waals surface area contributed by atoms with Crippen LogP contribution in [0, 0.1) is 11.6 Å². The van der Waals surface area contributed by atoms with E-state index in [9.17, 15) is 13.6 Å². The van der Waals surface area contributed by atoms with Gasteiger partial charge in [-0.3, -0.25) is 9.79 Å². The van der Waals surface area contributed by atoms with E-state index in [0.29, 0.717) is 5.96 Å². The zero-order chi connectivity index (χ0) is 16.7. The lowest BCUT2D eigenvalue weighted by Crippen LogP contribution is -2.45. The monoisotopic (exact) mass is 324 g/mol. The minimum Gasteiger partial charge on any atom is -0.352 e. The van der Waals surface area contributed by atoms with E-state index in [1.807, 2.05) is 4.90 Å². The normalized spacial score (nSPS) is 15.4. The molecule has 126 valence electrons. The fraction of sp³-hybridized carbons (Fsp3) is 0.500. The summed E-state index contributed by atoms with van der Waals surface area (Å²) in [5.41, 5.74) is 0.204. The number of nitrogens with one attached hydrogen (secondary N) is 2. The molecular weight excluding hydrogens is 302 g/mol. The molecule has 1 aliphatic heterocycles. The highest BCUT2D eigenvalue weighted by molar-refractivity contribution is 5.86. The van der Waals surface area contributed by atoms with Crippen LogP contribution in [0.15, 0.2) is 23.2 Å². The quantitative estimate of drug-likeness (QED) is 0.654. The summed E-state index contributed by atoms with van der Waals surface area (Å²) in [6.07, 6.45) is 3.24. The predicted molar refractivity (Wildman–Crippen MR) is 85.0 cm³/mol.